The maximum atomic E-state index is 12.5. The first-order chi connectivity index (χ1) is 10.4. The number of nitrogens with one attached hydrogen (secondary N) is 2. The van der Waals surface area contributed by atoms with Crippen molar-refractivity contribution in [1.29, 1.82) is 0 Å². The van der Waals surface area contributed by atoms with Crippen LogP contribution in [0.1, 0.15) is 36.1 Å². The Bertz CT molecular complexity index is 564. The minimum absolute atomic E-state index is 0.230. The monoisotopic (exact) mass is 312 g/mol. The number of hydrogen-bond donors (Lipinski definition) is 3. The molecule has 0 unspecified atom stereocenters. The number of H-pyrrole nitrogens is 1. The number of alkyl halides is 3. The van der Waals surface area contributed by atoms with Crippen LogP contribution >= 0.6 is 0 Å². The minimum atomic E-state index is -4.36. The highest BCUT2D eigenvalue weighted by molar-refractivity contribution is 5.26. The van der Waals surface area contributed by atoms with Crippen LogP contribution in [-0.4, -0.2) is 16.1 Å². The van der Waals surface area contributed by atoms with E-state index in [9.17, 15) is 18.3 Å². The van der Waals surface area contributed by atoms with E-state index in [1.165, 1.54) is 12.1 Å². The van der Waals surface area contributed by atoms with Crippen LogP contribution in [0.3, 0.4) is 0 Å². The zero-order chi connectivity index (χ0) is 16.2. The van der Waals surface area contributed by atoms with E-state index in [0.29, 0.717) is 18.5 Å². The maximum absolute atomic E-state index is 12.5. The van der Waals surface area contributed by atoms with Crippen LogP contribution in [0.5, 0.6) is 0 Å². The van der Waals surface area contributed by atoms with E-state index in [2.05, 4.69) is 10.3 Å². The lowest BCUT2D eigenvalue weighted by atomic mass is 9.99. The Labute approximate surface area is 127 Å². The molecule has 0 amide bonds. The Balaban J connectivity index is 2.02. The van der Waals surface area contributed by atoms with E-state index < -0.39 is 17.8 Å². The van der Waals surface area contributed by atoms with Crippen molar-refractivity contribution in [2.75, 3.05) is 0 Å². The van der Waals surface area contributed by atoms with Crippen molar-refractivity contribution >= 4 is 0 Å². The number of hydrogen-bond acceptors (Lipinski definition) is 2. The molecule has 0 aliphatic heterocycles. The molecule has 1 aromatic heterocycles. The van der Waals surface area contributed by atoms with Crippen molar-refractivity contribution in [3.8, 4) is 0 Å². The largest absolute Gasteiger partial charge is 0.416 e. The molecular weight excluding hydrogens is 293 g/mol. The van der Waals surface area contributed by atoms with E-state index in [1.807, 2.05) is 25.4 Å². The average molecular weight is 312 g/mol. The summed E-state index contributed by atoms with van der Waals surface area (Å²) >= 11 is 0. The first kappa shape index (κ1) is 16.6. The Morgan fingerprint density at radius 3 is 2.36 bits per heavy atom. The third-order valence-electron chi connectivity index (χ3n) is 3.63. The average Bonchev–Trinajstić information content (AvgIpc) is 3.00. The standard InChI is InChI=1S/C16H19F3N2O/c1-2-14(21-10-11-7-8-20-9-11)15(22)12-3-5-13(6-4-12)16(17,18)19/h3-9,14-15,20-22H,2,10H2,1H3/t14-,15+/m1/s1. The highest BCUT2D eigenvalue weighted by Gasteiger charge is 2.30. The second kappa shape index (κ2) is 6.98. The van der Waals surface area contributed by atoms with Gasteiger partial charge in [-0.2, -0.15) is 13.2 Å². The fraction of sp³-hybridized carbons (Fsp3) is 0.375. The number of aliphatic hydroxyl groups is 1. The predicted octanol–water partition coefficient (Wildman–Crippen LogP) is 3.64. The summed E-state index contributed by atoms with van der Waals surface area (Å²) in [5.74, 6) is 0. The minimum Gasteiger partial charge on any atom is -0.387 e. The topological polar surface area (TPSA) is 48.0 Å². The summed E-state index contributed by atoms with van der Waals surface area (Å²) in [5.41, 5.74) is 0.816. The van der Waals surface area contributed by atoms with Crippen LogP contribution in [0.25, 0.3) is 0 Å². The number of rotatable bonds is 6. The van der Waals surface area contributed by atoms with Gasteiger partial charge in [-0.1, -0.05) is 19.1 Å². The molecule has 22 heavy (non-hydrogen) atoms. The highest BCUT2D eigenvalue weighted by atomic mass is 19.4. The molecule has 1 aromatic carbocycles. The Morgan fingerprint density at radius 1 is 1.18 bits per heavy atom. The van der Waals surface area contributed by atoms with Gasteiger partial charge in [0.25, 0.3) is 0 Å². The number of aromatic amines is 1. The molecule has 0 saturated carbocycles. The normalized spacial score (nSPS) is 14.8. The van der Waals surface area contributed by atoms with Gasteiger partial charge in [0, 0.05) is 25.0 Å². The van der Waals surface area contributed by atoms with Crippen LogP contribution in [0.15, 0.2) is 42.7 Å². The summed E-state index contributed by atoms with van der Waals surface area (Å²) in [4.78, 5) is 2.94. The lowest BCUT2D eigenvalue weighted by Crippen LogP contribution is -2.34. The SMILES string of the molecule is CC[C@@H](NCc1cc[nH]c1)[C@@H](O)c1ccc(C(F)(F)F)cc1. The first-order valence-corrected chi connectivity index (χ1v) is 7.12. The quantitative estimate of drug-likeness (QED) is 0.763. The van der Waals surface area contributed by atoms with Crippen LogP contribution in [0, 0.1) is 0 Å². The van der Waals surface area contributed by atoms with E-state index in [4.69, 9.17) is 0 Å². The van der Waals surface area contributed by atoms with Gasteiger partial charge in [0.2, 0.25) is 0 Å². The molecule has 3 N–H and O–H groups in total. The molecule has 2 atom stereocenters. The number of halogens is 3. The smallest absolute Gasteiger partial charge is 0.387 e. The second-order valence-electron chi connectivity index (χ2n) is 5.18. The van der Waals surface area contributed by atoms with Crippen LogP contribution in [0.2, 0.25) is 0 Å². The van der Waals surface area contributed by atoms with Gasteiger partial charge in [0.15, 0.2) is 0 Å². The Morgan fingerprint density at radius 2 is 1.86 bits per heavy atom. The summed E-state index contributed by atoms with van der Waals surface area (Å²) in [5, 5.41) is 13.6. The fourth-order valence-corrected chi connectivity index (χ4v) is 2.30. The summed E-state index contributed by atoms with van der Waals surface area (Å²) in [6, 6.07) is 6.34. The van der Waals surface area contributed by atoms with Crippen LogP contribution < -0.4 is 5.32 Å². The molecule has 2 aromatic rings. The number of aromatic nitrogens is 1. The van der Waals surface area contributed by atoms with Gasteiger partial charge < -0.3 is 15.4 Å². The Kier molecular flexibility index (Phi) is 5.26. The molecule has 1 heterocycles. The maximum Gasteiger partial charge on any atom is 0.416 e. The predicted molar refractivity (Wildman–Crippen MR) is 78.1 cm³/mol. The van der Waals surface area contributed by atoms with Gasteiger partial charge >= 0.3 is 6.18 Å². The van der Waals surface area contributed by atoms with E-state index >= 15 is 0 Å². The van der Waals surface area contributed by atoms with Gasteiger partial charge in [-0.3, -0.25) is 0 Å². The van der Waals surface area contributed by atoms with Crippen molar-refractivity contribution in [3.05, 3.63) is 59.4 Å². The molecule has 120 valence electrons. The van der Waals surface area contributed by atoms with Gasteiger partial charge in [-0.25, -0.2) is 0 Å². The summed E-state index contributed by atoms with van der Waals surface area (Å²) in [7, 11) is 0. The molecule has 6 heteroatoms. The van der Waals surface area contributed by atoms with Gasteiger partial charge in [-0.05, 0) is 35.7 Å². The van der Waals surface area contributed by atoms with Gasteiger partial charge in [0.05, 0.1) is 11.7 Å². The first-order valence-electron chi connectivity index (χ1n) is 7.12. The number of benzene rings is 1. The van der Waals surface area contributed by atoms with Crippen molar-refractivity contribution in [1.82, 2.24) is 10.3 Å². The van der Waals surface area contributed by atoms with Crippen molar-refractivity contribution in [2.24, 2.45) is 0 Å². The Hall–Kier alpha value is -1.79. The van der Waals surface area contributed by atoms with E-state index in [-0.39, 0.29) is 6.04 Å². The summed E-state index contributed by atoms with van der Waals surface area (Å²) < 4.78 is 37.6. The van der Waals surface area contributed by atoms with E-state index in [1.54, 1.807) is 0 Å². The summed E-state index contributed by atoms with van der Waals surface area (Å²) in [6.07, 6.45) is -0.896. The molecule has 2 rings (SSSR count). The van der Waals surface area contributed by atoms with Crippen LogP contribution in [-0.2, 0) is 12.7 Å². The fourth-order valence-electron chi connectivity index (χ4n) is 2.30. The van der Waals surface area contributed by atoms with Gasteiger partial charge in [-0.15, -0.1) is 0 Å². The molecule has 0 bridgehead atoms. The van der Waals surface area contributed by atoms with Crippen molar-refractivity contribution in [2.45, 2.75) is 38.2 Å². The zero-order valence-electron chi connectivity index (χ0n) is 12.2. The lowest BCUT2D eigenvalue weighted by molar-refractivity contribution is -0.137. The molecular formula is C16H19F3N2O. The molecule has 3 nitrogen and oxygen atoms in total. The molecule has 0 aliphatic rings. The zero-order valence-corrected chi connectivity index (χ0v) is 12.2. The molecule has 0 saturated heterocycles. The molecule has 0 aliphatic carbocycles. The van der Waals surface area contributed by atoms with Crippen LogP contribution in [0.4, 0.5) is 13.2 Å². The second-order valence-corrected chi connectivity index (χ2v) is 5.18. The van der Waals surface area contributed by atoms with Gasteiger partial charge in [0.1, 0.15) is 0 Å². The number of aliphatic hydroxyl groups excluding tert-OH is 1. The molecule has 0 spiro atoms. The molecule has 0 radical (unpaired) electrons. The highest BCUT2D eigenvalue weighted by Crippen LogP contribution is 2.30. The van der Waals surface area contributed by atoms with E-state index in [0.717, 1.165) is 17.7 Å². The summed E-state index contributed by atoms with van der Waals surface area (Å²) in [6.45, 7) is 2.50. The molecule has 0 fully saturated rings. The van der Waals surface area contributed by atoms with Crippen molar-refractivity contribution < 1.29 is 18.3 Å². The lowest BCUT2D eigenvalue weighted by Gasteiger charge is -2.23. The third kappa shape index (κ3) is 4.11. The third-order valence-corrected chi connectivity index (χ3v) is 3.63. The van der Waals surface area contributed by atoms with Crippen molar-refractivity contribution in [3.63, 3.8) is 0 Å².